The first-order chi connectivity index (χ1) is 19.4. The molecular formula is C36H25ClN2O. The van der Waals surface area contributed by atoms with Gasteiger partial charge in [0.05, 0.1) is 16.6 Å². The van der Waals surface area contributed by atoms with Gasteiger partial charge in [-0.2, -0.15) is 0 Å². The van der Waals surface area contributed by atoms with Crippen molar-refractivity contribution in [1.29, 1.82) is 0 Å². The lowest BCUT2D eigenvalue weighted by atomic mass is 10.0. The highest BCUT2D eigenvalue weighted by Crippen LogP contribution is 2.21. The van der Waals surface area contributed by atoms with Crippen molar-refractivity contribution < 1.29 is 0 Å². The molecule has 40 heavy (non-hydrogen) atoms. The van der Waals surface area contributed by atoms with Crippen molar-refractivity contribution in [3.8, 4) is 17.5 Å². The molecule has 0 spiro atoms. The molecule has 0 unspecified atom stereocenters. The first kappa shape index (κ1) is 25.4. The number of aryl methyl sites for hydroxylation is 2. The summed E-state index contributed by atoms with van der Waals surface area (Å²) in [5.41, 5.74) is 6.29. The average Bonchev–Trinajstić information content (AvgIpc) is 2.96. The van der Waals surface area contributed by atoms with Crippen LogP contribution in [-0.2, 0) is 0 Å². The van der Waals surface area contributed by atoms with E-state index in [9.17, 15) is 4.79 Å². The van der Waals surface area contributed by atoms with Crippen LogP contribution in [-0.4, -0.2) is 9.55 Å². The SMILES string of the molecule is Cc1ccc2cc(C#Cc3ccc(-n4c(/C=C/c5ccc(Cl)cc5)nc5ccccc5c4=O)c(C)c3)ccc2c1. The van der Waals surface area contributed by atoms with Gasteiger partial charge in [-0.1, -0.05) is 83.6 Å². The first-order valence-electron chi connectivity index (χ1n) is 13.0. The smallest absolute Gasteiger partial charge is 0.266 e. The number of nitrogens with zero attached hydrogens (tertiary/aromatic N) is 2. The molecule has 1 heterocycles. The summed E-state index contributed by atoms with van der Waals surface area (Å²) in [5.74, 6) is 7.13. The Kier molecular flexibility index (Phi) is 6.78. The van der Waals surface area contributed by atoms with Gasteiger partial charge >= 0.3 is 0 Å². The van der Waals surface area contributed by atoms with Gasteiger partial charge in [0.15, 0.2) is 0 Å². The van der Waals surface area contributed by atoms with Gasteiger partial charge in [-0.25, -0.2) is 4.98 Å². The number of hydrogen-bond donors (Lipinski definition) is 0. The van der Waals surface area contributed by atoms with E-state index in [1.807, 2.05) is 85.8 Å². The highest BCUT2D eigenvalue weighted by Gasteiger charge is 2.13. The Morgan fingerprint density at radius 2 is 1.45 bits per heavy atom. The maximum absolute atomic E-state index is 13.7. The molecule has 6 rings (SSSR count). The minimum atomic E-state index is -0.116. The molecule has 3 nitrogen and oxygen atoms in total. The van der Waals surface area contributed by atoms with E-state index in [1.165, 1.54) is 16.3 Å². The number of rotatable bonds is 3. The van der Waals surface area contributed by atoms with Crippen molar-refractivity contribution in [2.75, 3.05) is 0 Å². The van der Waals surface area contributed by atoms with Gasteiger partial charge < -0.3 is 0 Å². The fraction of sp³-hybridized carbons (Fsp3) is 0.0556. The van der Waals surface area contributed by atoms with Gasteiger partial charge in [-0.15, -0.1) is 0 Å². The van der Waals surface area contributed by atoms with Crippen molar-refractivity contribution >= 4 is 45.4 Å². The maximum atomic E-state index is 13.7. The molecule has 0 aliphatic carbocycles. The molecule has 6 aromatic rings. The van der Waals surface area contributed by atoms with Gasteiger partial charge in [0, 0.05) is 16.1 Å². The number of halogens is 1. The lowest BCUT2D eigenvalue weighted by molar-refractivity contribution is 0.934. The van der Waals surface area contributed by atoms with Crippen LogP contribution in [0.3, 0.4) is 0 Å². The molecule has 0 radical (unpaired) electrons. The van der Waals surface area contributed by atoms with Crippen LogP contribution in [0.2, 0.25) is 5.02 Å². The number of aromatic nitrogens is 2. The van der Waals surface area contributed by atoms with Crippen LogP contribution in [0.1, 0.15) is 33.6 Å². The van der Waals surface area contributed by atoms with Gasteiger partial charge in [0.1, 0.15) is 5.82 Å². The normalized spacial score (nSPS) is 11.2. The molecule has 0 N–H and O–H groups in total. The van der Waals surface area contributed by atoms with E-state index in [2.05, 4.69) is 55.2 Å². The third kappa shape index (κ3) is 5.18. The van der Waals surface area contributed by atoms with Crippen molar-refractivity contribution in [2.24, 2.45) is 0 Å². The molecular weight excluding hydrogens is 512 g/mol. The molecule has 0 aliphatic heterocycles. The molecule has 0 fully saturated rings. The minimum absolute atomic E-state index is 0.116. The zero-order chi connectivity index (χ0) is 27.6. The highest BCUT2D eigenvalue weighted by atomic mass is 35.5. The Morgan fingerprint density at radius 1 is 0.750 bits per heavy atom. The molecule has 5 aromatic carbocycles. The molecule has 0 aliphatic rings. The predicted molar refractivity (Wildman–Crippen MR) is 167 cm³/mol. The van der Waals surface area contributed by atoms with Crippen molar-refractivity contribution in [1.82, 2.24) is 9.55 Å². The van der Waals surface area contributed by atoms with Gasteiger partial charge in [0.2, 0.25) is 0 Å². The second-order valence-corrected chi connectivity index (χ2v) is 10.3. The summed E-state index contributed by atoms with van der Waals surface area (Å²) in [4.78, 5) is 18.6. The van der Waals surface area contributed by atoms with E-state index in [0.717, 1.165) is 27.9 Å². The lowest BCUT2D eigenvalue weighted by Crippen LogP contribution is -2.23. The summed E-state index contributed by atoms with van der Waals surface area (Å²) in [6.45, 7) is 4.09. The van der Waals surface area contributed by atoms with E-state index in [1.54, 1.807) is 4.57 Å². The predicted octanol–water partition coefficient (Wildman–Crippen LogP) is 8.38. The topological polar surface area (TPSA) is 34.9 Å². The first-order valence-corrected chi connectivity index (χ1v) is 13.4. The monoisotopic (exact) mass is 536 g/mol. The Bertz CT molecular complexity index is 2060. The van der Waals surface area contributed by atoms with E-state index < -0.39 is 0 Å². The Balaban J connectivity index is 1.40. The molecule has 0 atom stereocenters. The molecule has 0 saturated carbocycles. The Hall–Kier alpha value is -4.91. The highest BCUT2D eigenvalue weighted by molar-refractivity contribution is 6.30. The third-order valence-electron chi connectivity index (χ3n) is 6.88. The summed E-state index contributed by atoms with van der Waals surface area (Å²) in [7, 11) is 0. The quantitative estimate of drug-likeness (QED) is 0.213. The zero-order valence-electron chi connectivity index (χ0n) is 22.2. The van der Waals surface area contributed by atoms with Crippen molar-refractivity contribution in [3.05, 3.63) is 152 Å². The summed E-state index contributed by atoms with van der Waals surface area (Å²) in [6.07, 6.45) is 3.80. The molecule has 0 bridgehead atoms. The fourth-order valence-corrected chi connectivity index (χ4v) is 4.94. The average molecular weight is 537 g/mol. The van der Waals surface area contributed by atoms with E-state index in [4.69, 9.17) is 16.6 Å². The Labute approximate surface area is 238 Å². The zero-order valence-corrected chi connectivity index (χ0v) is 22.9. The third-order valence-corrected chi connectivity index (χ3v) is 7.13. The lowest BCUT2D eigenvalue weighted by Gasteiger charge is -2.14. The van der Waals surface area contributed by atoms with Gasteiger partial charge in [-0.3, -0.25) is 9.36 Å². The second-order valence-electron chi connectivity index (χ2n) is 9.83. The molecule has 0 amide bonds. The number of fused-ring (bicyclic) bond motifs is 2. The summed E-state index contributed by atoms with van der Waals surface area (Å²) < 4.78 is 1.67. The maximum Gasteiger partial charge on any atom is 0.266 e. The summed E-state index contributed by atoms with van der Waals surface area (Å²) >= 11 is 6.04. The van der Waals surface area contributed by atoms with Crippen LogP contribution >= 0.6 is 11.6 Å². The number of hydrogen-bond acceptors (Lipinski definition) is 2. The second kappa shape index (κ2) is 10.7. The largest absolute Gasteiger partial charge is 0.268 e. The fourth-order valence-electron chi connectivity index (χ4n) is 4.81. The summed E-state index contributed by atoms with van der Waals surface area (Å²) in [6, 6.07) is 33.6. The van der Waals surface area contributed by atoms with Crippen molar-refractivity contribution in [2.45, 2.75) is 13.8 Å². The van der Waals surface area contributed by atoms with Crippen LogP contribution in [0.5, 0.6) is 0 Å². The van der Waals surface area contributed by atoms with E-state index in [0.29, 0.717) is 21.7 Å². The molecule has 192 valence electrons. The Morgan fingerprint density at radius 3 is 2.25 bits per heavy atom. The minimum Gasteiger partial charge on any atom is -0.268 e. The van der Waals surface area contributed by atoms with Crippen LogP contribution < -0.4 is 5.56 Å². The van der Waals surface area contributed by atoms with Crippen LogP contribution in [0.4, 0.5) is 0 Å². The van der Waals surface area contributed by atoms with Crippen LogP contribution in [0, 0.1) is 25.7 Å². The standard InChI is InChI=1S/C36H25ClN2O/c1-24-7-15-30-23-28(10-16-29(30)21-24)9-8-27-13-19-34(25(2)22-27)39-35(20-14-26-11-17-31(37)18-12-26)38-33-6-4-3-5-32(33)36(39)40/h3-7,10-23H,1-2H3/b20-14+. The van der Waals surface area contributed by atoms with E-state index in [-0.39, 0.29) is 5.56 Å². The van der Waals surface area contributed by atoms with Crippen LogP contribution in [0.25, 0.3) is 39.5 Å². The van der Waals surface area contributed by atoms with E-state index >= 15 is 0 Å². The number of benzene rings is 5. The van der Waals surface area contributed by atoms with Gasteiger partial charge in [0.25, 0.3) is 5.56 Å². The molecule has 0 saturated heterocycles. The van der Waals surface area contributed by atoms with Gasteiger partial charge in [-0.05, 0) is 96.4 Å². The van der Waals surface area contributed by atoms with Crippen molar-refractivity contribution in [3.63, 3.8) is 0 Å². The number of para-hydroxylation sites is 1. The van der Waals surface area contributed by atoms with Crippen LogP contribution in [0.15, 0.2) is 108 Å². The summed E-state index contributed by atoms with van der Waals surface area (Å²) in [5, 5.41) is 3.63. The molecule has 1 aromatic heterocycles. The molecule has 4 heteroatoms.